The molecule has 0 aliphatic heterocycles. The van der Waals surface area contributed by atoms with Crippen molar-refractivity contribution in [3.05, 3.63) is 34.3 Å². The van der Waals surface area contributed by atoms with Crippen molar-refractivity contribution in [1.29, 1.82) is 0 Å². The summed E-state index contributed by atoms with van der Waals surface area (Å²) in [5.41, 5.74) is 1.68. The van der Waals surface area contributed by atoms with Crippen molar-refractivity contribution in [3.8, 4) is 0 Å². The van der Waals surface area contributed by atoms with Gasteiger partial charge in [-0.2, -0.15) is 0 Å². The molecule has 2 rings (SSSR count). The van der Waals surface area contributed by atoms with E-state index < -0.39 is 0 Å². The highest BCUT2D eigenvalue weighted by Crippen LogP contribution is 2.35. The lowest BCUT2D eigenvalue weighted by atomic mass is 9.75. The molecule has 0 aromatic heterocycles. The van der Waals surface area contributed by atoms with Gasteiger partial charge >= 0.3 is 0 Å². The molecule has 0 amide bonds. The first-order valence-corrected chi connectivity index (χ1v) is 8.44. The predicted octanol–water partition coefficient (Wildman–Crippen LogP) is 4.05. The van der Waals surface area contributed by atoms with Crippen LogP contribution < -0.4 is 5.32 Å². The summed E-state index contributed by atoms with van der Waals surface area (Å²) in [5.74, 6) is 0.846. The minimum Gasteiger partial charge on any atom is -0.311 e. The zero-order valence-electron chi connectivity index (χ0n) is 13.0. The van der Waals surface area contributed by atoms with E-state index in [1.54, 1.807) is 0 Å². The molecule has 3 heteroatoms. The monoisotopic (exact) mass is 338 g/mol. The Morgan fingerprint density at radius 2 is 2.20 bits per heavy atom. The molecule has 1 aromatic carbocycles. The second kappa shape index (κ2) is 7.06. The molecule has 1 saturated carbocycles. The van der Waals surface area contributed by atoms with E-state index in [4.69, 9.17) is 0 Å². The molecule has 0 bridgehead atoms. The first kappa shape index (κ1) is 16.0. The van der Waals surface area contributed by atoms with E-state index in [1.165, 1.54) is 31.2 Å². The molecule has 1 N–H and O–H groups in total. The molecule has 20 heavy (non-hydrogen) atoms. The average molecular weight is 339 g/mol. The van der Waals surface area contributed by atoms with Crippen LogP contribution >= 0.6 is 15.9 Å². The molecule has 2 unspecified atom stereocenters. The van der Waals surface area contributed by atoms with Gasteiger partial charge in [-0.25, -0.2) is 0 Å². The lowest BCUT2D eigenvalue weighted by Crippen LogP contribution is -2.54. The van der Waals surface area contributed by atoms with Crippen molar-refractivity contribution >= 4 is 15.9 Å². The maximum atomic E-state index is 3.68. The van der Waals surface area contributed by atoms with Gasteiger partial charge in [-0.1, -0.05) is 47.8 Å². The van der Waals surface area contributed by atoms with Crippen LogP contribution in [-0.2, 0) is 6.54 Å². The fraction of sp³-hybridized carbons (Fsp3) is 0.647. The molecule has 2 nitrogen and oxygen atoms in total. The van der Waals surface area contributed by atoms with Gasteiger partial charge in [0.25, 0.3) is 0 Å². The molecule has 0 heterocycles. The third-order valence-corrected chi connectivity index (χ3v) is 5.18. The van der Waals surface area contributed by atoms with E-state index in [1.807, 2.05) is 0 Å². The van der Waals surface area contributed by atoms with E-state index in [9.17, 15) is 0 Å². The highest BCUT2D eigenvalue weighted by atomic mass is 79.9. The lowest BCUT2D eigenvalue weighted by molar-refractivity contribution is 0.0749. The van der Waals surface area contributed by atoms with Crippen molar-refractivity contribution in [1.82, 2.24) is 10.2 Å². The van der Waals surface area contributed by atoms with Crippen LogP contribution in [0.3, 0.4) is 0 Å². The standard InChI is InChI=1S/C17H27BrN2/c1-14-6-5-9-17(11-14,20(2)3)13-19-12-15-7-4-8-16(18)10-15/h4,7-8,10,14,19H,5-6,9,11-13H2,1-3H3. The minimum atomic E-state index is 0.337. The molecular formula is C17H27BrN2. The Morgan fingerprint density at radius 3 is 2.85 bits per heavy atom. The molecule has 1 aliphatic carbocycles. The molecule has 112 valence electrons. The summed E-state index contributed by atoms with van der Waals surface area (Å²) in [6.45, 7) is 4.42. The van der Waals surface area contributed by atoms with E-state index in [-0.39, 0.29) is 0 Å². The van der Waals surface area contributed by atoms with E-state index in [0.717, 1.165) is 23.5 Å². The number of likely N-dealkylation sites (N-methyl/N-ethyl adjacent to an activating group) is 1. The SMILES string of the molecule is CC1CCCC(CNCc2cccc(Br)c2)(N(C)C)C1. The van der Waals surface area contributed by atoms with Crippen LogP contribution in [0.25, 0.3) is 0 Å². The zero-order valence-corrected chi connectivity index (χ0v) is 14.5. The third kappa shape index (κ3) is 4.06. The molecule has 1 fully saturated rings. The number of nitrogens with zero attached hydrogens (tertiary/aromatic N) is 1. The summed E-state index contributed by atoms with van der Waals surface area (Å²) in [4.78, 5) is 2.44. The van der Waals surface area contributed by atoms with Crippen LogP contribution in [0.2, 0.25) is 0 Å². The number of benzene rings is 1. The second-order valence-electron chi connectivity index (χ2n) is 6.55. The third-order valence-electron chi connectivity index (χ3n) is 4.69. The van der Waals surface area contributed by atoms with Gasteiger partial charge in [-0.05, 0) is 50.6 Å². The fourth-order valence-corrected chi connectivity index (χ4v) is 3.89. The van der Waals surface area contributed by atoms with E-state index in [2.05, 4.69) is 71.4 Å². The number of hydrogen-bond donors (Lipinski definition) is 1. The first-order chi connectivity index (χ1) is 9.52. The highest BCUT2D eigenvalue weighted by Gasteiger charge is 2.36. The number of hydrogen-bond acceptors (Lipinski definition) is 2. The Labute approximate surface area is 132 Å². The van der Waals surface area contributed by atoms with Gasteiger partial charge in [-0.15, -0.1) is 0 Å². The quantitative estimate of drug-likeness (QED) is 0.871. The largest absolute Gasteiger partial charge is 0.311 e. The van der Waals surface area contributed by atoms with E-state index in [0.29, 0.717) is 5.54 Å². The van der Waals surface area contributed by atoms with Crippen LogP contribution in [0.1, 0.15) is 38.2 Å². The molecule has 2 atom stereocenters. The summed E-state index contributed by atoms with van der Waals surface area (Å²) in [7, 11) is 4.47. The van der Waals surface area contributed by atoms with Gasteiger partial charge in [0.2, 0.25) is 0 Å². The molecule has 0 saturated heterocycles. The van der Waals surface area contributed by atoms with Gasteiger partial charge in [0.15, 0.2) is 0 Å². The highest BCUT2D eigenvalue weighted by molar-refractivity contribution is 9.10. The van der Waals surface area contributed by atoms with Gasteiger partial charge in [0.05, 0.1) is 0 Å². The molecule has 1 aromatic rings. The Balaban J connectivity index is 1.93. The minimum absolute atomic E-state index is 0.337. The van der Waals surface area contributed by atoms with Crippen molar-refractivity contribution in [2.24, 2.45) is 5.92 Å². The van der Waals surface area contributed by atoms with Crippen molar-refractivity contribution in [2.45, 2.75) is 44.7 Å². The fourth-order valence-electron chi connectivity index (χ4n) is 3.44. The molecule has 0 radical (unpaired) electrons. The maximum absolute atomic E-state index is 3.68. The normalized spacial score (nSPS) is 26.9. The number of halogens is 1. The second-order valence-corrected chi connectivity index (χ2v) is 7.47. The topological polar surface area (TPSA) is 15.3 Å². The Morgan fingerprint density at radius 1 is 1.40 bits per heavy atom. The van der Waals surface area contributed by atoms with Crippen LogP contribution in [0.4, 0.5) is 0 Å². The number of nitrogens with one attached hydrogen (secondary N) is 1. The number of rotatable bonds is 5. The van der Waals surface area contributed by atoms with Gasteiger partial charge < -0.3 is 10.2 Å². The molecular weight excluding hydrogens is 312 g/mol. The van der Waals surface area contributed by atoms with Gasteiger partial charge in [-0.3, -0.25) is 0 Å². The summed E-state index contributed by atoms with van der Waals surface area (Å²) in [6.07, 6.45) is 5.38. The van der Waals surface area contributed by atoms with Crippen LogP contribution in [0.15, 0.2) is 28.7 Å². The first-order valence-electron chi connectivity index (χ1n) is 7.64. The summed E-state index contributed by atoms with van der Waals surface area (Å²) >= 11 is 3.54. The predicted molar refractivity (Wildman–Crippen MR) is 89.9 cm³/mol. The van der Waals surface area contributed by atoms with Crippen LogP contribution in [0, 0.1) is 5.92 Å². The van der Waals surface area contributed by atoms with Crippen LogP contribution in [0.5, 0.6) is 0 Å². The van der Waals surface area contributed by atoms with Crippen molar-refractivity contribution in [2.75, 3.05) is 20.6 Å². The maximum Gasteiger partial charge on any atom is 0.0330 e. The van der Waals surface area contributed by atoms with Crippen molar-refractivity contribution in [3.63, 3.8) is 0 Å². The Hall–Kier alpha value is -0.380. The van der Waals surface area contributed by atoms with Crippen LogP contribution in [-0.4, -0.2) is 31.1 Å². The van der Waals surface area contributed by atoms with Gasteiger partial charge in [0, 0.05) is 23.1 Å². The van der Waals surface area contributed by atoms with Gasteiger partial charge in [0.1, 0.15) is 0 Å². The summed E-state index contributed by atoms with van der Waals surface area (Å²) in [5, 5.41) is 3.68. The Kier molecular flexibility index (Phi) is 5.65. The molecule has 1 aliphatic rings. The smallest absolute Gasteiger partial charge is 0.0330 e. The van der Waals surface area contributed by atoms with Crippen molar-refractivity contribution < 1.29 is 0 Å². The summed E-state index contributed by atoms with van der Waals surface area (Å²) < 4.78 is 1.16. The average Bonchev–Trinajstić information content (AvgIpc) is 2.38. The summed E-state index contributed by atoms with van der Waals surface area (Å²) in [6, 6.07) is 8.56. The molecule has 0 spiro atoms. The zero-order chi connectivity index (χ0) is 14.6. The Bertz CT molecular complexity index is 433. The lowest BCUT2D eigenvalue weighted by Gasteiger charge is -2.45. The van der Waals surface area contributed by atoms with E-state index >= 15 is 0 Å².